The first kappa shape index (κ1) is 12.8. The van der Waals surface area contributed by atoms with Crippen LogP contribution < -0.4 is 5.73 Å². The fourth-order valence-corrected chi connectivity index (χ4v) is 2.59. The van der Waals surface area contributed by atoms with Gasteiger partial charge in [-0.25, -0.2) is 4.39 Å². The maximum absolute atomic E-state index is 14.3. The first-order valence-corrected chi connectivity index (χ1v) is 6.68. The van der Waals surface area contributed by atoms with Crippen molar-refractivity contribution >= 4 is 10.8 Å². The standard InChI is InChI=1S/C18H16FN/c1-12-6-8-16(15-5-3-2-4-14(12)15)17-9-7-13(11-20)10-18(17)19/h2-10H,11,20H2,1H3. The van der Waals surface area contributed by atoms with Crippen molar-refractivity contribution in [3.8, 4) is 11.1 Å². The molecule has 0 atom stereocenters. The smallest absolute Gasteiger partial charge is 0.131 e. The van der Waals surface area contributed by atoms with Gasteiger partial charge in [0.05, 0.1) is 0 Å². The molecule has 0 aliphatic rings. The molecule has 0 saturated carbocycles. The largest absolute Gasteiger partial charge is 0.326 e. The minimum atomic E-state index is -0.220. The van der Waals surface area contributed by atoms with Gasteiger partial charge in [-0.3, -0.25) is 0 Å². The minimum absolute atomic E-state index is 0.220. The van der Waals surface area contributed by atoms with Crippen LogP contribution >= 0.6 is 0 Å². The van der Waals surface area contributed by atoms with E-state index in [2.05, 4.69) is 13.0 Å². The Morgan fingerprint density at radius 1 is 0.900 bits per heavy atom. The normalized spacial score (nSPS) is 10.9. The van der Waals surface area contributed by atoms with E-state index in [9.17, 15) is 4.39 Å². The predicted molar refractivity (Wildman–Crippen MR) is 82.0 cm³/mol. The van der Waals surface area contributed by atoms with Crippen molar-refractivity contribution in [1.82, 2.24) is 0 Å². The van der Waals surface area contributed by atoms with Crippen LogP contribution in [0.15, 0.2) is 54.6 Å². The molecular weight excluding hydrogens is 249 g/mol. The van der Waals surface area contributed by atoms with Crippen molar-refractivity contribution < 1.29 is 4.39 Å². The van der Waals surface area contributed by atoms with Crippen LogP contribution in [0.25, 0.3) is 21.9 Å². The molecule has 0 aliphatic carbocycles. The van der Waals surface area contributed by atoms with E-state index in [1.54, 1.807) is 0 Å². The van der Waals surface area contributed by atoms with Crippen LogP contribution in [0.3, 0.4) is 0 Å². The highest BCUT2D eigenvalue weighted by Crippen LogP contribution is 2.32. The summed E-state index contributed by atoms with van der Waals surface area (Å²) in [6.07, 6.45) is 0. The Morgan fingerprint density at radius 2 is 1.60 bits per heavy atom. The third kappa shape index (κ3) is 2.08. The molecule has 0 aromatic heterocycles. The number of halogens is 1. The Kier molecular flexibility index (Phi) is 3.25. The van der Waals surface area contributed by atoms with Crippen molar-refractivity contribution in [3.63, 3.8) is 0 Å². The minimum Gasteiger partial charge on any atom is -0.326 e. The highest BCUT2D eigenvalue weighted by molar-refractivity contribution is 5.98. The Morgan fingerprint density at radius 3 is 2.30 bits per heavy atom. The maximum atomic E-state index is 14.3. The van der Waals surface area contributed by atoms with Gasteiger partial charge in [-0.15, -0.1) is 0 Å². The third-order valence-corrected chi connectivity index (χ3v) is 3.70. The zero-order valence-corrected chi connectivity index (χ0v) is 11.4. The highest BCUT2D eigenvalue weighted by atomic mass is 19.1. The Labute approximate surface area is 117 Å². The second-order valence-electron chi connectivity index (χ2n) is 4.99. The van der Waals surface area contributed by atoms with E-state index in [-0.39, 0.29) is 5.82 Å². The van der Waals surface area contributed by atoms with Crippen molar-refractivity contribution in [2.75, 3.05) is 0 Å². The van der Waals surface area contributed by atoms with Gasteiger partial charge in [0, 0.05) is 12.1 Å². The highest BCUT2D eigenvalue weighted by Gasteiger charge is 2.10. The van der Waals surface area contributed by atoms with Crippen LogP contribution in [-0.4, -0.2) is 0 Å². The summed E-state index contributed by atoms with van der Waals surface area (Å²) >= 11 is 0. The molecule has 3 aromatic carbocycles. The molecule has 1 nitrogen and oxygen atoms in total. The molecule has 0 aliphatic heterocycles. The molecular formula is C18H16FN. The Balaban J connectivity index is 2.27. The SMILES string of the molecule is Cc1ccc(-c2ccc(CN)cc2F)c2ccccc12. The molecule has 100 valence electrons. The zero-order chi connectivity index (χ0) is 14.1. The van der Waals surface area contributed by atoms with E-state index in [1.807, 2.05) is 42.5 Å². The van der Waals surface area contributed by atoms with Crippen LogP contribution in [0.2, 0.25) is 0 Å². The van der Waals surface area contributed by atoms with Crippen LogP contribution in [0.1, 0.15) is 11.1 Å². The number of nitrogens with two attached hydrogens (primary N) is 1. The van der Waals surface area contributed by atoms with E-state index >= 15 is 0 Å². The number of aryl methyl sites for hydroxylation is 1. The van der Waals surface area contributed by atoms with Crippen LogP contribution in [-0.2, 0) is 6.54 Å². The first-order valence-electron chi connectivity index (χ1n) is 6.68. The summed E-state index contributed by atoms with van der Waals surface area (Å²) in [5.41, 5.74) is 9.10. The zero-order valence-electron chi connectivity index (χ0n) is 11.4. The molecule has 3 aromatic rings. The average molecular weight is 265 g/mol. The van der Waals surface area contributed by atoms with Crippen molar-refractivity contribution in [1.29, 1.82) is 0 Å². The molecule has 0 radical (unpaired) electrons. The molecule has 0 fully saturated rings. The molecule has 2 heteroatoms. The van der Waals surface area contributed by atoms with E-state index in [0.29, 0.717) is 12.1 Å². The molecule has 0 spiro atoms. The number of fused-ring (bicyclic) bond motifs is 1. The van der Waals surface area contributed by atoms with Crippen LogP contribution in [0.5, 0.6) is 0 Å². The molecule has 0 heterocycles. The number of hydrogen-bond acceptors (Lipinski definition) is 1. The Hall–Kier alpha value is -2.19. The van der Waals surface area contributed by atoms with Crippen molar-refractivity contribution in [2.45, 2.75) is 13.5 Å². The van der Waals surface area contributed by atoms with Gasteiger partial charge in [0.2, 0.25) is 0 Å². The molecule has 0 bridgehead atoms. The molecule has 3 rings (SSSR count). The summed E-state index contributed by atoms with van der Waals surface area (Å²) < 4.78 is 14.3. The fraction of sp³-hybridized carbons (Fsp3) is 0.111. The lowest BCUT2D eigenvalue weighted by Gasteiger charge is -2.11. The van der Waals surface area contributed by atoms with E-state index in [4.69, 9.17) is 5.73 Å². The summed E-state index contributed by atoms with van der Waals surface area (Å²) in [6.45, 7) is 2.42. The van der Waals surface area contributed by atoms with E-state index < -0.39 is 0 Å². The molecule has 20 heavy (non-hydrogen) atoms. The van der Waals surface area contributed by atoms with Gasteiger partial charge in [0.15, 0.2) is 0 Å². The Bertz CT molecular complexity index is 777. The lowest BCUT2D eigenvalue weighted by atomic mass is 9.94. The topological polar surface area (TPSA) is 26.0 Å². The van der Waals surface area contributed by atoms with Gasteiger partial charge < -0.3 is 5.73 Å². The van der Waals surface area contributed by atoms with Gasteiger partial charge in [0.1, 0.15) is 5.82 Å². The van der Waals surface area contributed by atoms with Gasteiger partial charge in [0.25, 0.3) is 0 Å². The second kappa shape index (κ2) is 5.06. The third-order valence-electron chi connectivity index (χ3n) is 3.70. The second-order valence-corrected chi connectivity index (χ2v) is 4.99. The number of rotatable bonds is 2. The van der Waals surface area contributed by atoms with Crippen molar-refractivity contribution in [3.05, 3.63) is 71.5 Å². The summed E-state index contributed by atoms with van der Waals surface area (Å²) in [4.78, 5) is 0. The van der Waals surface area contributed by atoms with E-state index in [0.717, 1.165) is 21.9 Å². The molecule has 0 amide bonds. The van der Waals surface area contributed by atoms with E-state index in [1.165, 1.54) is 11.6 Å². The molecule has 0 unspecified atom stereocenters. The van der Waals surface area contributed by atoms with Gasteiger partial charge in [-0.2, -0.15) is 0 Å². The molecule has 0 saturated heterocycles. The lowest BCUT2D eigenvalue weighted by molar-refractivity contribution is 0.629. The summed E-state index contributed by atoms with van der Waals surface area (Å²) in [6, 6.07) is 17.3. The quantitative estimate of drug-likeness (QED) is 0.729. The number of hydrogen-bond donors (Lipinski definition) is 1. The summed E-state index contributed by atoms with van der Waals surface area (Å²) in [5, 5.41) is 2.24. The summed E-state index contributed by atoms with van der Waals surface area (Å²) in [7, 11) is 0. The van der Waals surface area contributed by atoms with Crippen LogP contribution in [0.4, 0.5) is 4.39 Å². The fourth-order valence-electron chi connectivity index (χ4n) is 2.59. The number of benzene rings is 3. The van der Waals surface area contributed by atoms with Crippen molar-refractivity contribution in [2.24, 2.45) is 5.73 Å². The van der Waals surface area contributed by atoms with Crippen LogP contribution in [0, 0.1) is 12.7 Å². The maximum Gasteiger partial charge on any atom is 0.131 e. The lowest BCUT2D eigenvalue weighted by Crippen LogP contribution is -1.97. The average Bonchev–Trinajstić information content (AvgIpc) is 2.48. The monoisotopic (exact) mass is 265 g/mol. The summed E-state index contributed by atoms with van der Waals surface area (Å²) in [5.74, 6) is -0.220. The van der Waals surface area contributed by atoms with Gasteiger partial charge >= 0.3 is 0 Å². The van der Waals surface area contributed by atoms with Gasteiger partial charge in [-0.05, 0) is 40.5 Å². The van der Waals surface area contributed by atoms with Gasteiger partial charge in [-0.1, -0.05) is 48.5 Å². The molecule has 2 N–H and O–H groups in total. The first-order chi connectivity index (χ1) is 9.70. The predicted octanol–water partition coefficient (Wildman–Crippen LogP) is 4.41.